The second-order valence-electron chi connectivity index (χ2n) is 9.52. The molecule has 0 amide bonds. The lowest BCUT2D eigenvalue weighted by molar-refractivity contribution is -0.139. The van der Waals surface area contributed by atoms with Gasteiger partial charge in [0.1, 0.15) is 5.75 Å². The number of fused-ring (bicyclic) bond motifs is 2. The number of carbonyl (C=O) groups excluding carboxylic acids is 1. The van der Waals surface area contributed by atoms with Crippen molar-refractivity contribution in [3.63, 3.8) is 0 Å². The Bertz CT molecular complexity index is 2020. The minimum atomic E-state index is -0.716. The molecule has 0 saturated carbocycles. The van der Waals surface area contributed by atoms with Crippen LogP contribution in [-0.2, 0) is 9.53 Å². The second kappa shape index (κ2) is 11.0. The molecule has 41 heavy (non-hydrogen) atoms. The summed E-state index contributed by atoms with van der Waals surface area (Å²) in [5.41, 5.74) is 5.20. The molecule has 0 spiro atoms. The van der Waals surface area contributed by atoms with E-state index in [4.69, 9.17) is 14.5 Å². The highest BCUT2D eigenvalue weighted by molar-refractivity contribution is 9.10. The molecule has 3 heterocycles. The predicted octanol–water partition coefficient (Wildman–Crippen LogP) is 5.72. The maximum Gasteiger partial charge on any atom is 0.338 e. The molecule has 0 aliphatic carbocycles. The zero-order valence-corrected chi connectivity index (χ0v) is 25.0. The van der Waals surface area contributed by atoms with Crippen LogP contribution in [-0.4, -0.2) is 29.2 Å². The molecule has 3 aromatic carbocycles. The van der Waals surface area contributed by atoms with E-state index < -0.39 is 12.0 Å². The number of esters is 1. The molecular weight excluding hydrogens is 602 g/mol. The topological polar surface area (TPSA) is 85.7 Å². The number of rotatable bonds is 6. The van der Waals surface area contributed by atoms with Crippen molar-refractivity contribution in [2.75, 3.05) is 13.7 Å². The van der Waals surface area contributed by atoms with Gasteiger partial charge >= 0.3 is 5.97 Å². The minimum Gasteiger partial charge on any atom is -0.496 e. The summed E-state index contributed by atoms with van der Waals surface area (Å²) in [7, 11) is 1.59. The lowest BCUT2D eigenvalue weighted by atomic mass is 9.96. The zero-order chi connectivity index (χ0) is 28.7. The average molecular weight is 629 g/mol. The number of thiazole rings is 1. The van der Waals surface area contributed by atoms with Crippen LogP contribution in [0.2, 0.25) is 0 Å². The summed E-state index contributed by atoms with van der Waals surface area (Å²) in [5, 5.41) is 1.01. The van der Waals surface area contributed by atoms with E-state index in [1.165, 1.54) is 11.3 Å². The van der Waals surface area contributed by atoms with E-state index in [1.807, 2.05) is 78.9 Å². The molecule has 6 rings (SSSR count). The highest BCUT2D eigenvalue weighted by Crippen LogP contribution is 2.35. The van der Waals surface area contributed by atoms with Gasteiger partial charge in [-0.05, 0) is 65.2 Å². The molecule has 1 atom stereocenters. The summed E-state index contributed by atoms with van der Waals surface area (Å²) in [5.74, 6) is 0.148. The highest BCUT2D eigenvalue weighted by Gasteiger charge is 2.33. The van der Waals surface area contributed by atoms with Crippen molar-refractivity contribution < 1.29 is 14.3 Å². The Morgan fingerprint density at radius 3 is 2.61 bits per heavy atom. The number of H-pyrrole nitrogens is 1. The second-order valence-corrected chi connectivity index (χ2v) is 11.4. The van der Waals surface area contributed by atoms with E-state index in [2.05, 4.69) is 20.9 Å². The van der Waals surface area contributed by atoms with Crippen LogP contribution >= 0.6 is 27.3 Å². The first-order valence-corrected chi connectivity index (χ1v) is 14.7. The van der Waals surface area contributed by atoms with Crippen molar-refractivity contribution in [2.24, 2.45) is 4.99 Å². The third kappa shape index (κ3) is 4.75. The SMILES string of the molecule is CCOC(=O)C1=C(C)N=c2s/c(=C/c3c(-c4ccccc4)[nH]c4ccccc34)c(=O)n2[C@H]1c1ccc(OC)c(Br)c1. The average Bonchev–Trinajstić information content (AvgIpc) is 3.50. The number of halogens is 1. The predicted molar refractivity (Wildman–Crippen MR) is 165 cm³/mol. The number of methoxy groups -OCH3 is 1. The Balaban J connectivity index is 1.61. The number of aromatic amines is 1. The number of hydrogen-bond donors (Lipinski definition) is 1. The van der Waals surface area contributed by atoms with Gasteiger partial charge in [-0.15, -0.1) is 0 Å². The molecule has 0 saturated heterocycles. The fraction of sp³-hybridized carbons (Fsp3) is 0.156. The molecule has 1 N–H and O–H groups in total. The van der Waals surface area contributed by atoms with E-state index >= 15 is 0 Å². The number of carbonyl (C=O) groups is 1. The highest BCUT2D eigenvalue weighted by atomic mass is 79.9. The minimum absolute atomic E-state index is 0.210. The zero-order valence-electron chi connectivity index (χ0n) is 22.6. The molecular formula is C32H26BrN3O4S. The van der Waals surface area contributed by atoms with Gasteiger partial charge in [0, 0.05) is 16.5 Å². The Hall–Kier alpha value is -4.21. The summed E-state index contributed by atoms with van der Waals surface area (Å²) in [6.07, 6.45) is 1.93. The molecule has 9 heteroatoms. The lowest BCUT2D eigenvalue weighted by Crippen LogP contribution is -2.40. The van der Waals surface area contributed by atoms with Gasteiger partial charge in [-0.2, -0.15) is 0 Å². The fourth-order valence-electron chi connectivity index (χ4n) is 5.24. The molecule has 5 aromatic rings. The lowest BCUT2D eigenvalue weighted by Gasteiger charge is -2.25. The number of allylic oxidation sites excluding steroid dienone is 1. The van der Waals surface area contributed by atoms with Crippen LogP contribution in [0.25, 0.3) is 28.2 Å². The third-order valence-corrected chi connectivity index (χ3v) is 8.70. The molecule has 1 aliphatic rings. The van der Waals surface area contributed by atoms with Gasteiger partial charge in [-0.1, -0.05) is 65.9 Å². The number of nitrogens with zero attached hydrogens (tertiary/aromatic N) is 2. The summed E-state index contributed by atoms with van der Waals surface area (Å²) in [4.78, 5) is 36.2. The first kappa shape index (κ1) is 27.0. The van der Waals surface area contributed by atoms with Crippen LogP contribution in [0.1, 0.15) is 31.0 Å². The van der Waals surface area contributed by atoms with Gasteiger partial charge < -0.3 is 14.5 Å². The van der Waals surface area contributed by atoms with Crippen LogP contribution in [0.3, 0.4) is 0 Å². The Morgan fingerprint density at radius 2 is 1.88 bits per heavy atom. The van der Waals surface area contributed by atoms with Gasteiger partial charge in [0.15, 0.2) is 4.80 Å². The van der Waals surface area contributed by atoms with Gasteiger partial charge in [0.2, 0.25) is 0 Å². The largest absolute Gasteiger partial charge is 0.496 e. The van der Waals surface area contributed by atoms with Gasteiger partial charge in [0.05, 0.1) is 45.7 Å². The van der Waals surface area contributed by atoms with Crippen LogP contribution in [0, 0.1) is 0 Å². The maximum absolute atomic E-state index is 14.2. The van der Waals surface area contributed by atoms with E-state index in [0.29, 0.717) is 30.8 Å². The number of hydrogen-bond acceptors (Lipinski definition) is 6. The Kier molecular flexibility index (Phi) is 7.23. The molecule has 1 aliphatic heterocycles. The normalized spacial score (nSPS) is 15.1. The van der Waals surface area contributed by atoms with Crippen molar-refractivity contribution in [2.45, 2.75) is 19.9 Å². The first-order valence-electron chi connectivity index (χ1n) is 13.1. The third-order valence-electron chi connectivity index (χ3n) is 7.09. The summed E-state index contributed by atoms with van der Waals surface area (Å²) in [6, 6.07) is 22.9. The molecule has 0 fully saturated rings. The fourth-order valence-corrected chi connectivity index (χ4v) is 6.82. The monoisotopic (exact) mass is 627 g/mol. The van der Waals surface area contributed by atoms with Gasteiger partial charge in [0.25, 0.3) is 5.56 Å². The van der Waals surface area contributed by atoms with Crippen molar-refractivity contribution in [1.29, 1.82) is 0 Å². The van der Waals surface area contributed by atoms with Gasteiger partial charge in [-0.3, -0.25) is 9.36 Å². The van der Waals surface area contributed by atoms with Crippen LogP contribution in [0.15, 0.2) is 98.3 Å². The van der Waals surface area contributed by atoms with E-state index in [0.717, 1.165) is 33.3 Å². The van der Waals surface area contributed by atoms with E-state index in [-0.39, 0.29) is 12.2 Å². The van der Waals surface area contributed by atoms with E-state index in [9.17, 15) is 9.59 Å². The standard InChI is InChI=1S/C32H26BrN3O4S/c1-4-40-31(38)27-18(2)34-32-36(29(27)20-14-15-25(39-3)23(33)16-20)30(37)26(41-32)17-22-21-12-8-9-13-24(21)35-28(22)19-10-6-5-7-11-19/h5-17,29,35H,4H2,1-3H3/b26-17+/t29-/m0/s1. The van der Waals surface area contributed by atoms with Crippen molar-refractivity contribution in [3.8, 4) is 17.0 Å². The number of benzene rings is 3. The quantitative estimate of drug-likeness (QED) is 0.244. The van der Waals surface area contributed by atoms with E-state index in [1.54, 1.807) is 25.5 Å². The molecule has 0 bridgehead atoms. The first-order chi connectivity index (χ1) is 19.9. The number of nitrogens with one attached hydrogen (secondary N) is 1. The Morgan fingerprint density at radius 1 is 1.12 bits per heavy atom. The molecule has 0 unspecified atom stereocenters. The van der Waals surface area contributed by atoms with Crippen LogP contribution in [0.4, 0.5) is 0 Å². The van der Waals surface area contributed by atoms with Crippen molar-refractivity contribution >= 4 is 50.2 Å². The number of para-hydroxylation sites is 1. The number of ether oxygens (including phenoxy) is 2. The van der Waals surface area contributed by atoms with Crippen molar-refractivity contribution in [1.82, 2.24) is 9.55 Å². The summed E-state index contributed by atoms with van der Waals surface area (Å²) < 4.78 is 13.7. The summed E-state index contributed by atoms with van der Waals surface area (Å²) in [6.45, 7) is 3.75. The van der Waals surface area contributed by atoms with Crippen LogP contribution in [0.5, 0.6) is 5.75 Å². The Labute approximate surface area is 248 Å². The number of aromatic nitrogens is 2. The van der Waals surface area contributed by atoms with Gasteiger partial charge in [-0.25, -0.2) is 9.79 Å². The molecule has 2 aromatic heterocycles. The smallest absolute Gasteiger partial charge is 0.338 e. The maximum atomic E-state index is 14.2. The molecule has 7 nitrogen and oxygen atoms in total. The summed E-state index contributed by atoms with van der Waals surface area (Å²) >= 11 is 4.86. The van der Waals surface area contributed by atoms with Crippen molar-refractivity contribution in [3.05, 3.63) is 119 Å². The molecule has 206 valence electrons. The van der Waals surface area contributed by atoms with Crippen LogP contribution < -0.4 is 19.6 Å². The molecule has 0 radical (unpaired) electrons.